The zero-order chi connectivity index (χ0) is 16.1. The topological polar surface area (TPSA) is 17.0 Å². The highest BCUT2D eigenvalue weighted by Gasteiger charge is 2.24. The minimum atomic E-state index is 0.884. The summed E-state index contributed by atoms with van der Waals surface area (Å²) in [6.45, 7) is 8.43. The third kappa shape index (κ3) is 2.08. The van der Waals surface area contributed by atoms with Gasteiger partial charge < -0.3 is 9.88 Å². The lowest BCUT2D eigenvalue weighted by atomic mass is 9.92. The minimum absolute atomic E-state index is 0.884. The second kappa shape index (κ2) is 5.31. The van der Waals surface area contributed by atoms with Gasteiger partial charge in [0, 0.05) is 24.2 Å². The van der Waals surface area contributed by atoms with Gasteiger partial charge in [0.2, 0.25) is 0 Å². The van der Waals surface area contributed by atoms with E-state index >= 15 is 0 Å². The molecular formula is C20H21ClN2. The Labute approximate surface area is 142 Å². The Morgan fingerprint density at radius 2 is 1.91 bits per heavy atom. The van der Waals surface area contributed by atoms with Gasteiger partial charge in [-0.3, -0.25) is 0 Å². The van der Waals surface area contributed by atoms with Gasteiger partial charge in [-0.05, 0) is 43.0 Å². The second-order valence-electron chi connectivity index (χ2n) is 6.39. The molecule has 118 valence electrons. The Kier molecular flexibility index (Phi) is 3.38. The molecular weight excluding hydrogens is 304 g/mol. The molecule has 0 atom stereocenters. The van der Waals surface area contributed by atoms with E-state index in [-0.39, 0.29) is 0 Å². The minimum Gasteiger partial charge on any atom is -0.380 e. The van der Waals surface area contributed by atoms with E-state index in [1.807, 2.05) is 0 Å². The standard InChI is InChI=1S/C20H21ClN2/c1-4-15-17(14-7-5-12(2)6-8-14)16-11-13(3)23-10-9-22-19(18(15)21)20(16)23/h5-8,11,22H,4,9-10H2,1-3H3. The maximum absolute atomic E-state index is 6.81. The molecule has 0 spiro atoms. The van der Waals surface area contributed by atoms with Crippen molar-refractivity contribution in [2.24, 2.45) is 0 Å². The molecule has 0 amide bonds. The van der Waals surface area contributed by atoms with E-state index in [2.05, 4.69) is 61.0 Å². The normalized spacial score (nSPS) is 13.4. The molecule has 4 rings (SSSR count). The maximum atomic E-state index is 6.81. The summed E-state index contributed by atoms with van der Waals surface area (Å²) in [6, 6.07) is 11.1. The van der Waals surface area contributed by atoms with Gasteiger partial charge in [-0.2, -0.15) is 0 Å². The first kappa shape index (κ1) is 14.6. The fourth-order valence-electron chi connectivity index (χ4n) is 3.79. The van der Waals surface area contributed by atoms with Gasteiger partial charge in [0.1, 0.15) is 0 Å². The van der Waals surface area contributed by atoms with Crippen LogP contribution >= 0.6 is 11.6 Å². The van der Waals surface area contributed by atoms with Crippen LogP contribution in [0.5, 0.6) is 0 Å². The summed E-state index contributed by atoms with van der Waals surface area (Å²) in [5.74, 6) is 0. The van der Waals surface area contributed by atoms with E-state index in [9.17, 15) is 0 Å². The number of rotatable bonds is 2. The molecule has 1 N–H and O–H groups in total. The van der Waals surface area contributed by atoms with Gasteiger partial charge in [0.05, 0.1) is 16.2 Å². The number of aryl methyl sites for hydroxylation is 2. The quantitative estimate of drug-likeness (QED) is 0.652. The molecule has 1 aliphatic heterocycles. The van der Waals surface area contributed by atoms with Crippen LogP contribution in [0.25, 0.3) is 22.0 Å². The molecule has 0 unspecified atom stereocenters. The average molecular weight is 325 g/mol. The highest BCUT2D eigenvalue weighted by molar-refractivity contribution is 6.36. The first-order valence-electron chi connectivity index (χ1n) is 8.27. The van der Waals surface area contributed by atoms with Crippen LogP contribution in [0, 0.1) is 13.8 Å². The predicted molar refractivity (Wildman–Crippen MR) is 99.7 cm³/mol. The molecule has 0 saturated carbocycles. The number of benzene rings is 2. The number of halogens is 1. The highest BCUT2D eigenvalue weighted by Crippen LogP contribution is 2.45. The fraction of sp³-hybridized carbons (Fsp3) is 0.300. The molecule has 23 heavy (non-hydrogen) atoms. The van der Waals surface area contributed by atoms with Crippen molar-refractivity contribution >= 4 is 28.2 Å². The lowest BCUT2D eigenvalue weighted by Crippen LogP contribution is -2.18. The predicted octanol–water partition coefficient (Wildman–Crippen LogP) is 5.57. The average Bonchev–Trinajstić information content (AvgIpc) is 2.89. The van der Waals surface area contributed by atoms with Gasteiger partial charge in [-0.25, -0.2) is 0 Å². The molecule has 3 heteroatoms. The van der Waals surface area contributed by atoms with Gasteiger partial charge in [0.25, 0.3) is 0 Å². The van der Waals surface area contributed by atoms with Crippen LogP contribution in [0.15, 0.2) is 30.3 Å². The van der Waals surface area contributed by atoms with Crippen molar-refractivity contribution in [3.8, 4) is 11.1 Å². The molecule has 2 aromatic carbocycles. The van der Waals surface area contributed by atoms with Crippen LogP contribution in [0.3, 0.4) is 0 Å². The van der Waals surface area contributed by atoms with E-state index in [0.29, 0.717) is 0 Å². The van der Waals surface area contributed by atoms with Crippen molar-refractivity contribution in [1.29, 1.82) is 0 Å². The van der Waals surface area contributed by atoms with Crippen LogP contribution in [-0.2, 0) is 13.0 Å². The van der Waals surface area contributed by atoms with E-state index in [1.54, 1.807) is 0 Å². The first-order valence-corrected chi connectivity index (χ1v) is 8.64. The lowest BCUT2D eigenvalue weighted by Gasteiger charge is -2.24. The van der Waals surface area contributed by atoms with Gasteiger partial charge in [0.15, 0.2) is 0 Å². The molecule has 2 nitrogen and oxygen atoms in total. The summed E-state index contributed by atoms with van der Waals surface area (Å²) in [4.78, 5) is 0. The summed E-state index contributed by atoms with van der Waals surface area (Å²) in [6.07, 6.45) is 0.927. The van der Waals surface area contributed by atoms with Gasteiger partial charge >= 0.3 is 0 Å². The zero-order valence-corrected chi connectivity index (χ0v) is 14.6. The Bertz CT molecular complexity index is 904. The Morgan fingerprint density at radius 3 is 2.61 bits per heavy atom. The Balaban J connectivity index is 2.15. The molecule has 1 aliphatic rings. The first-order chi connectivity index (χ1) is 11.1. The lowest BCUT2D eigenvalue weighted by molar-refractivity contribution is 0.720. The molecule has 1 aromatic heterocycles. The smallest absolute Gasteiger partial charge is 0.0780 e. The molecule has 0 bridgehead atoms. The van der Waals surface area contributed by atoms with Gasteiger partial charge in [-0.1, -0.05) is 48.4 Å². The van der Waals surface area contributed by atoms with Crippen molar-refractivity contribution in [3.63, 3.8) is 0 Å². The summed E-state index contributed by atoms with van der Waals surface area (Å²) in [5, 5.41) is 5.72. The van der Waals surface area contributed by atoms with Crippen LogP contribution in [-0.4, -0.2) is 11.1 Å². The molecule has 0 aliphatic carbocycles. The summed E-state index contributed by atoms with van der Waals surface area (Å²) < 4.78 is 2.39. The number of aromatic nitrogens is 1. The third-order valence-corrected chi connectivity index (χ3v) is 5.34. The molecule has 3 aromatic rings. The molecule has 0 fully saturated rings. The number of anilines is 1. The SMILES string of the molecule is CCc1c(Cl)c2c3c(cc(C)n3CCN2)c1-c1ccc(C)cc1. The molecule has 0 radical (unpaired) electrons. The highest BCUT2D eigenvalue weighted by atomic mass is 35.5. The number of hydrogen-bond donors (Lipinski definition) is 1. The van der Waals surface area contributed by atoms with E-state index in [1.165, 1.54) is 38.9 Å². The van der Waals surface area contributed by atoms with Crippen molar-refractivity contribution in [2.75, 3.05) is 11.9 Å². The van der Waals surface area contributed by atoms with E-state index < -0.39 is 0 Å². The van der Waals surface area contributed by atoms with Crippen LogP contribution in [0.4, 0.5) is 5.69 Å². The van der Waals surface area contributed by atoms with Crippen LogP contribution < -0.4 is 5.32 Å². The second-order valence-corrected chi connectivity index (χ2v) is 6.77. The van der Waals surface area contributed by atoms with Crippen LogP contribution in [0.1, 0.15) is 23.7 Å². The van der Waals surface area contributed by atoms with Gasteiger partial charge in [-0.15, -0.1) is 0 Å². The van der Waals surface area contributed by atoms with Crippen molar-refractivity contribution in [1.82, 2.24) is 4.57 Å². The van der Waals surface area contributed by atoms with Crippen LogP contribution in [0.2, 0.25) is 5.02 Å². The van der Waals surface area contributed by atoms with E-state index in [4.69, 9.17) is 11.6 Å². The summed E-state index contributed by atoms with van der Waals surface area (Å²) in [5.41, 5.74) is 8.73. The number of nitrogens with zero attached hydrogens (tertiary/aromatic N) is 1. The van der Waals surface area contributed by atoms with E-state index in [0.717, 1.165) is 30.2 Å². The molecule has 2 heterocycles. The summed E-state index contributed by atoms with van der Waals surface area (Å²) in [7, 11) is 0. The largest absolute Gasteiger partial charge is 0.380 e. The fourth-order valence-corrected chi connectivity index (χ4v) is 4.17. The van der Waals surface area contributed by atoms with Crippen molar-refractivity contribution < 1.29 is 0 Å². The Morgan fingerprint density at radius 1 is 1.17 bits per heavy atom. The molecule has 0 saturated heterocycles. The Hall–Kier alpha value is -1.93. The summed E-state index contributed by atoms with van der Waals surface area (Å²) >= 11 is 6.81. The van der Waals surface area contributed by atoms with Crippen molar-refractivity contribution in [3.05, 3.63) is 52.2 Å². The number of hydrogen-bond acceptors (Lipinski definition) is 1. The number of nitrogens with one attached hydrogen (secondary N) is 1. The third-order valence-electron chi connectivity index (χ3n) is 4.93. The van der Waals surface area contributed by atoms with Crippen molar-refractivity contribution in [2.45, 2.75) is 33.7 Å². The maximum Gasteiger partial charge on any atom is 0.0780 e. The zero-order valence-electron chi connectivity index (χ0n) is 13.8. The monoisotopic (exact) mass is 324 g/mol.